The van der Waals surface area contributed by atoms with E-state index < -0.39 is 0 Å². The van der Waals surface area contributed by atoms with Gasteiger partial charge in [0.2, 0.25) is 0 Å². The Balaban J connectivity index is 1.21. The Labute approximate surface area is 360 Å². The van der Waals surface area contributed by atoms with Crippen LogP contribution in [0, 0.1) is 6.92 Å². The smallest absolute Gasteiger partial charge is 0.198 e. The minimum absolute atomic E-state index is 0.0672. The van der Waals surface area contributed by atoms with Gasteiger partial charge in [-0.2, -0.15) is 0 Å². The number of rotatable bonds is 5. The zero-order chi connectivity index (χ0) is 42.0. The molecule has 0 saturated heterocycles. The van der Waals surface area contributed by atoms with Gasteiger partial charge in [-0.3, -0.25) is 0 Å². The van der Waals surface area contributed by atoms with Crippen molar-refractivity contribution in [3.63, 3.8) is 0 Å². The van der Waals surface area contributed by atoms with Gasteiger partial charge < -0.3 is 14.3 Å². The van der Waals surface area contributed by atoms with E-state index in [0.717, 1.165) is 50.3 Å². The Hall–Kier alpha value is -6.26. The van der Waals surface area contributed by atoms with Crippen molar-refractivity contribution in [2.24, 2.45) is 0 Å². The molecule has 9 aromatic rings. The van der Waals surface area contributed by atoms with Crippen molar-refractivity contribution in [3.05, 3.63) is 162 Å². The van der Waals surface area contributed by atoms with Crippen LogP contribution in [0.2, 0.25) is 0 Å². The highest BCUT2D eigenvalue weighted by atomic mass is 16.3. The minimum atomic E-state index is 0.0672. The van der Waals surface area contributed by atoms with E-state index in [1.807, 2.05) is 0 Å². The summed E-state index contributed by atoms with van der Waals surface area (Å²) in [7, 11) is 2.43. The Morgan fingerprint density at radius 1 is 0.656 bits per heavy atom. The van der Waals surface area contributed by atoms with Gasteiger partial charge in [-0.1, -0.05) is 151 Å². The van der Waals surface area contributed by atoms with Crippen molar-refractivity contribution in [1.29, 1.82) is 0 Å². The van der Waals surface area contributed by atoms with Crippen LogP contribution in [0.3, 0.4) is 0 Å². The van der Waals surface area contributed by atoms with E-state index in [1.54, 1.807) is 0 Å². The second kappa shape index (κ2) is 13.4. The lowest BCUT2D eigenvalue weighted by molar-refractivity contribution is 0.332. The summed E-state index contributed by atoms with van der Waals surface area (Å²) in [5, 5.41) is 7.62. The van der Waals surface area contributed by atoms with E-state index in [0.29, 0.717) is 0 Å². The van der Waals surface area contributed by atoms with Crippen LogP contribution in [-0.4, -0.2) is 11.8 Å². The SMILES string of the molecule is Cc1cc(-c2ccccc2Nc2ccc(C(C)(C)C)cc2)c2c3c1c1cc4c(cc1n3-c1cc3c(-c5ccccc5)c(-c5ccccc5)oc3cc1[B]2)C(C)(C)CCC4(C)C. The maximum Gasteiger partial charge on any atom is 0.198 e. The van der Waals surface area contributed by atoms with Crippen LogP contribution < -0.4 is 16.2 Å². The van der Waals surface area contributed by atoms with Crippen molar-refractivity contribution < 1.29 is 4.42 Å². The highest BCUT2D eigenvalue weighted by Gasteiger charge is 2.39. The molecule has 1 aliphatic carbocycles. The molecule has 299 valence electrons. The van der Waals surface area contributed by atoms with E-state index >= 15 is 0 Å². The highest BCUT2D eigenvalue weighted by Crippen LogP contribution is 2.50. The predicted octanol–water partition coefficient (Wildman–Crippen LogP) is 14.2. The first-order valence-electron chi connectivity index (χ1n) is 22.0. The molecule has 1 N–H and O–H groups in total. The molecular formula is C57H52BN2O. The Morgan fingerprint density at radius 3 is 1.98 bits per heavy atom. The summed E-state index contributed by atoms with van der Waals surface area (Å²) < 4.78 is 9.58. The second-order valence-electron chi connectivity index (χ2n) is 20.0. The molecule has 61 heavy (non-hydrogen) atoms. The second-order valence-corrected chi connectivity index (χ2v) is 20.0. The molecule has 0 spiro atoms. The lowest BCUT2D eigenvalue weighted by atomic mass is 9.58. The summed E-state index contributed by atoms with van der Waals surface area (Å²) in [5.41, 5.74) is 20.7. The first-order valence-corrected chi connectivity index (χ1v) is 22.0. The van der Waals surface area contributed by atoms with Gasteiger partial charge in [-0.05, 0) is 117 Å². The fourth-order valence-electron chi connectivity index (χ4n) is 10.4. The fourth-order valence-corrected chi connectivity index (χ4v) is 10.4. The molecule has 0 atom stereocenters. The number of fused-ring (bicyclic) bond motifs is 7. The number of hydrogen-bond acceptors (Lipinski definition) is 2. The van der Waals surface area contributed by atoms with Gasteiger partial charge in [0.05, 0.1) is 5.52 Å². The molecule has 11 rings (SSSR count). The number of benzene rings is 7. The van der Waals surface area contributed by atoms with Crippen LogP contribution in [0.15, 0.2) is 144 Å². The first-order chi connectivity index (χ1) is 29.3. The zero-order valence-electron chi connectivity index (χ0n) is 36.6. The third kappa shape index (κ3) is 5.93. The fraction of sp³-hybridized carbons (Fsp3) is 0.228. The van der Waals surface area contributed by atoms with Gasteiger partial charge in [-0.25, -0.2) is 0 Å². The zero-order valence-corrected chi connectivity index (χ0v) is 36.6. The molecule has 7 aromatic carbocycles. The maximum absolute atomic E-state index is 6.97. The van der Waals surface area contributed by atoms with E-state index in [-0.39, 0.29) is 16.2 Å². The number of aryl methyl sites for hydroxylation is 1. The van der Waals surface area contributed by atoms with E-state index in [4.69, 9.17) is 4.42 Å². The molecule has 4 heteroatoms. The van der Waals surface area contributed by atoms with Crippen molar-refractivity contribution in [1.82, 2.24) is 4.57 Å². The largest absolute Gasteiger partial charge is 0.455 e. The molecule has 0 bridgehead atoms. The monoisotopic (exact) mass is 791 g/mol. The number of para-hydroxylation sites is 1. The van der Waals surface area contributed by atoms with Crippen molar-refractivity contribution in [2.45, 2.75) is 84.5 Å². The summed E-state index contributed by atoms with van der Waals surface area (Å²) in [6.07, 6.45) is 2.34. The van der Waals surface area contributed by atoms with Gasteiger partial charge in [0.25, 0.3) is 0 Å². The maximum atomic E-state index is 6.97. The van der Waals surface area contributed by atoms with Crippen LogP contribution in [0.4, 0.5) is 11.4 Å². The number of nitrogens with one attached hydrogen (secondary N) is 1. The Kier molecular flexibility index (Phi) is 8.27. The number of furan rings is 1. The van der Waals surface area contributed by atoms with Gasteiger partial charge >= 0.3 is 0 Å². The van der Waals surface area contributed by atoms with E-state index in [2.05, 4.69) is 212 Å². The summed E-state index contributed by atoms with van der Waals surface area (Å²) in [6.45, 7) is 18.9. The molecule has 1 radical (unpaired) electrons. The summed E-state index contributed by atoms with van der Waals surface area (Å²) in [6, 6.07) is 51.3. The summed E-state index contributed by atoms with van der Waals surface area (Å²) in [4.78, 5) is 0. The molecule has 0 saturated carbocycles. The van der Waals surface area contributed by atoms with Crippen LogP contribution in [0.5, 0.6) is 0 Å². The number of anilines is 2. The highest BCUT2D eigenvalue weighted by molar-refractivity contribution is 6.73. The first kappa shape index (κ1) is 37.7. The van der Waals surface area contributed by atoms with Crippen LogP contribution >= 0.6 is 0 Å². The number of nitrogens with zero attached hydrogens (tertiary/aromatic N) is 1. The van der Waals surface area contributed by atoms with Gasteiger partial charge in [0.1, 0.15) is 11.3 Å². The molecular weight excluding hydrogens is 739 g/mol. The number of aromatic nitrogens is 1. The summed E-state index contributed by atoms with van der Waals surface area (Å²) in [5.74, 6) is 0.897. The van der Waals surface area contributed by atoms with Gasteiger partial charge in [0.15, 0.2) is 7.28 Å². The molecule has 0 unspecified atom stereocenters. The van der Waals surface area contributed by atoms with Crippen molar-refractivity contribution in [2.75, 3.05) is 5.32 Å². The lowest BCUT2D eigenvalue weighted by Crippen LogP contribution is -2.37. The quantitative estimate of drug-likeness (QED) is 0.176. The van der Waals surface area contributed by atoms with Crippen molar-refractivity contribution in [3.8, 4) is 39.3 Å². The normalized spacial score (nSPS) is 15.1. The van der Waals surface area contributed by atoms with E-state index in [9.17, 15) is 0 Å². The predicted molar refractivity (Wildman–Crippen MR) is 260 cm³/mol. The molecule has 3 heterocycles. The van der Waals surface area contributed by atoms with Crippen LogP contribution in [0.25, 0.3) is 72.0 Å². The Bertz CT molecular complexity index is 3210. The van der Waals surface area contributed by atoms with Crippen LogP contribution in [0.1, 0.15) is 83.6 Å². The van der Waals surface area contributed by atoms with Gasteiger partial charge in [-0.15, -0.1) is 0 Å². The molecule has 2 aromatic heterocycles. The van der Waals surface area contributed by atoms with Crippen LogP contribution in [-0.2, 0) is 16.2 Å². The molecule has 2 aliphatic rings. The van der Waals surface area contributed by atoms with E-state index in [1.165, 1.54) is 79.2 Å². The molecule has 3 nitrogen and oxygen atoms in total. The van der Waals surface area contributed by atoms with Gasteiger partial charge in [0, 0.05) is 55.4 Å². The average Bonchev–Trinajstić information content (AvgIpc) is 3.80. The minimum Gasteiger partial charge on any atom is -0.455 e. The Morgan fingerprint density at radius 2 is 1.30 bits per heavy atom. The van der Waals surface area contributed by atoms with Crippen molar-refractivity contribution >= 4 is 62.4 Å². The molecule has 0 amide bonds. The molecule has 0 fully saturated rings. The lowest BCUT2D eigenvalue weighted by Gasteiger charge is -2.42. The third-order valence-corrected chi connectivity index (χ3v) is 14.0. The number of hydrogen-bond donors (Lipinski definition) is 1. The topological polar surface area (TPSA) is 30.1 Å². The molecule has 1 aliphatic heterocycles. The summed E-state index contributed by atoms with van der Waals surface area (Å²) >= 11 is 0. The standard InChI is InChI=1S/C57H52BN2O/c1-34-29-40(39-21-15-16-22-46(39)59-38-25-23-37(24-26-38)55(2,3)4)52-53-50(34)41-30-43-44(57(7,8)28-27-56(43,5)6)32-47(41)60(53)48-31-42-49(33-45(48)58-52)61-54(36-19-13-10-14-20-36)51(42)35-17-11-9-12-18-35/h9-26,29-33,59H,27-28H2,1-8H3. The third-order valence-electron chi connectivity index (χ3n) is 14.0. The average molecular weight is 792 g/mol.